The fourth-order valence-electron chi connectivity index (χ4n) is 1.12. The molecule has 0 bridgehead atoms. The highest BCUT2D eigenvalue weighted by atomic mass is 79.9. The first-order valence-corrected chi connectivity index (χ1v) is 6.37. The molecule has 0 aromatic heterocycles. The van der Waals surface area contributed by atoms with Gasteiger partial charge in [0.1, 0.15) is 10.2 Å². The van der Waals surface area contributed by atoms with Crippen LogP contribution in [0.25, 0.3) is 0 Å². The van der Waals surface area contributed by atoms with E-state index in [4.69, 9.17) is 15.3 Å². The highest BCUT2D eigenvalue weighted by Crippen LogP contribution is 2.14. The molecular weight excluding hydrogens is 318 g/mol. The van der Waals surface area contributed by atoms with Crippen LogP contribution in [-0.2, 0) is 14.4 Å². The lowest BCUT2D eigenvalue weighted by Crippen LogP contribution is -2.28. The predicted octanol–water partition coefficient (Wildman–Crippen LogP) is 1.55. The maximum atomic E-state index is 11.3. The number of carbonyl (C=O) groups is 1. The van der Waals surface area contributed by atoms with Crippen LogP contribution in [0.15, 0.2) is 20.6 Å². The van der Waals surface area contributed by atoms with Gasteiger partial charge in [0.25, 0.3) is 0 Å². The van der Waals surface area contributed by atoms with Gasteiger partial charge < -0.3 is 15.3 Å². The molecular formula is C10H16BrN5O3. The van der Waals surface area contributed by atoms with E-state index in [1.807, 2.05) is 0 Å². The van der Waals surface area contributed by atoms with E-state index >= 15 is 0 Å². The van der Waals surface area contributed by atoms with Gasteiger partial charge in [-0.3, -0.25) is 0 Å². The van der Waals surface area contributed by atoms with Crippen LogP contribution in [0.4, 0.5) is 0 Å². The number of halogens is 1. The summed E-state index contributed by atoms with van der Waals surface area (Å²) in [7, 11) is 0. The number of carbonyl (C=O) groups excluding carboxylic acids is 1. The van der Waals surface area contributed by atoms with Crippen molar-refractivity contribution in [2.75, 3.05) is 6.54 Å². The normalized spacial score (nSPS) is 20.3. The van der Waals surface area contributed by atoms with Crippen molar-refractivity contribution in [1.29, 1.82) is 0 Å². The lowest BCUT2D eigenvalue weighted by atomic mass is 10.2. The average Bonchev–Trinajstić information content (AvgIpc) is 2.68. The van der Waals surface area contributed by atoms with E-state index in [-0.39, 0.29) is 12.4 Å². The minimum absolute atomic E-state index is 0.145. The molecule has 1 aliphatic rings. The van der Waals surface area contributed by atoms with Crippen molar-refractivity contribution in [3.63, 3.8) is 0 Å². The fourth-order valence-corrected chi connectivity index (χ4v) is 1.50. The van der Waals surface area contributed by atoms with Gasteiger partial charge in [0.15, 0.2) is 18.5 Å². The first-order chi connectivity index (χ1) is 8.78. The molecule has 0 amide bonds. The first kappa shape index (κ1) is 15.5. The summed E-state index contributed by atoms with van der Waals surface area (Å²) in [6.07, 6.45) is 0.0477. The van der Waals surface area contributed by atoms with E-state index in [1.165, 1.54) is 0 Å². The Morgan fingerprint density at radius 1 is 1.63 bits per heavy atom. The molecule has 2 N–H and O–H groups in total. The van der Waals surface area contributed by atoms with Crippen LogP contribution in [-0.4, -0.2) is 34.7 Å². The van der Waals surface area contributed by atoms with E-state index in [9.17, 15) is 4.79 Å². The smallest absolute Gasteiger partial charge is 0.330 e. The van der Waals surface area contributed by atoms with Crippen molar-refractivity contribution in [2.45, 2.75) is 38.9 Å². The highest BCUT2D eigenvalue weighted by molar-refractivity contribution is 9.18. The van der Waals surface area contributed by atoms with Crippen molar-refractivity contribution >= 4 is 32.4 Å². The summed E-state index contributed by atoms with van der Waals surface area (Å²) in [5.74, 6) is -0.334. The second kappa shape index (κ2) is 6.60. The summed E-state index contributed by atoms with van der Waals surface area (Å²) in [5, 5.41) is 14.3. The van der Waals surface area contributed by atoms with E-state index in [0.717, 1.165) is 0 Å². The Balaban J connectivity index is 2.35. The summed E-state index contributed by atoms with van der Waals surface area (Å²) in [4.78, 5) is 16.3. The summed E-state index contributed by atoms with van der Waals surface area (Å²) in [6.45, 7) is 5.11. The van der Waals surface area contributed by atoms with Crippen LogP contribution >= 0.6 is 15.9 Å². The molecule has 1 aliphatic heterocycles. The average molecular weight is 334 g/mol. The number of hydrogen-bond acceptors (Lipinski definition) is 6. The van der Waals surface area contributed by atoms with Crippen LogP contribution in [0.3, 0.4) is 0 Å². The van der Waals surface area contributed by atoms with E-state index < -0.39 is 17.7 Å². The molecule has 0 radical (unpaired) electrons. The molecule has 0 aromatic rings. The molecule has 0 spiro atoms. The van der Waals surface area contributed by atoms with Gasteiger partial charge in [0, 0.05) is 6.42 Å². The molecule has 19 heavy (non-hydrogen) atoms. The first-order valence-electron chi connectivity index (χ1n) is 5.58. The van der Waals surface area contributed by atoms with Gasteiger partial charge >= 0.3 is 5.97 Å². The third kappa shape index (κ3) is 6.27. The number of oxime groups is 1. The summed E-state index contributed by atoms with van der Waals surface area (Å²) >= 11 is 3.17. The lowest BCUT2D eigenvalue weighted by Gasteiger charge is -2.18. The number of esters is 1. The summed E-state index contributed by atoms with van der Waals surface area (Å²) in [6, 6.07) is 0. The zero-order chi connectivity index (χ0) is 14.5. The molecule has 0 fully saturated rings. The molecule has 8 nitrogen and oxygen atoms in total. The third-order valence-corrected chi connectivity index (χ3v) is 2.27. The minimum Gasteiger partial charge on any atom is -0.459 e. The molecule has 0 saturated heterocycles. The molecule has 0 aromatic carbocycles. The topological polar surface area (TPSA) is 111 Å². The zero-order valence-electron chi connectivity index (χ0n) is 11.0. The van der Waals surface area contributed by atoms with Crippen molar-refractivity contribution < 1.29 is 14.4 Å². The van der Waals surface area contributed by atoms with Gasteiger partial charge in [-0.15, -0.1) is 5.10 Å². The van der Waals surface area contributed by atoms with Crippen molar-refractivity contribution in [2.24, 2.45) is 26.3 Å². The molecule has 9 heteroatoms. The maximum Gasteiger partial charge on any atom is 0.330 e. The number of amidine groups is 1. The third-order valence-electron chi connectivity index (χ3n) is 1.81. The second-order valence-electron chi connectivity index (χ2n) is 4.77. The van der Waals surface area contributed by atoms with Crippen LogP contribution in [0.1, 0.15) is 27.2 Å². The van der Waals surface area contributed by atoms with Gasteiger partial charge in [-0.25, -0.2) is 4.79 Å². The van der Waals surface area contributed by atoms with E-state index in [2.05, 4.69) is 36.5 Å². The van der Waals surface area contributed by atoms with Gasteiger partial charge in [0.05, 0.1) is 0 Å². The number of ether oxygens (including phenoxy) is 1. The maximum absolute atomic E-state index is 11.3. The Kier molecular flexibility index (Phi) is 5.40. The Hall–Kier alpha value is -1.51. The SMILES string of the molecule is CC(C)(C)OC(=O)CN=N/N=C(\N)C1CC(Br)=NO1. The fraction of sp³-hybridized carbons (Fsp3) is 0.700. The van der Waals surface area contributed by atoms with Gasteiger partial charge in [-0.1, -0.05) is 5.16 Å². The highest BCUT2D eigenvalue weighted by Gasteiger charge is 2.23. The number of nitrogens with two attached hydrogens (primary N) is 1. The molecule has 1 heterocycles. The lowest BCUT2D eigenvalue weighted by molar-refractivity contribution is -0.152. The molecule has 1 atom stereocenters. The minimum atomic E-state index is -0.545. The Bertz CT molecular complexity index is 427. The quantitative estimate of drug-likeness (QED) is 0.276. The van der Waals surface area contributed by atoms with Gasteiger partial charge in [0.2, 0.25) is 0 Å². The zero-order valence-corrected chi connectivity index (χ0v) is 12.5. The van der Waals surface area contributed by atoms with Gasteiger partial charge in [-0.2, -0.15) is 5.11 Å². The molecule has 0 saturated carbocycles. The number of rotatable bonds is 4. The molecule has 1 unspecified atom stereocenters. The van der Waals surface area contributed by atoms with Gasteiger partial charge in [-0.05, 0) is 41.9 Å². The summed E-state index contributed by atoms with van der Waals surface area (Å²) in [5.41, 5.74) is 5.08. The largest absolute Gasteiger partial charge is 0.459 e. The standard InChI is InChI=1S/C10H16BrN5O3/c1-10(2,3)18-8(17)5-13-16-14-9(12)6-4-7(11)15-19-6/h6H,4-5H2,1-3H3,(H2,12,13,14). The van der Waals surface area contributed by atoms with Crippen LogP contribution in [0, 0.1) is 0 Å². The van der Waals surface area contributed by atoms with Crippen molar-refractivity contribution in [3.05, 3.63) is 0 Å². The molecule has 1 rings (SSSR count). The monoisotopic (exact) mass is 333 g/mol. The van der Waals surface area contributed by atoms with E-state index in [0.29, 0.717) is 11.0 Å². The van der Waals surface area contributed by atoms with E-state index in [1.54, 1.807) is 20.8 Å². The second-order valence-corrected chi connectivity index (χ2v) is 5.68. The predicted molar refractivity (Wildman–Crippen MR) is 73.0 cm³/mol. The number of hydrogen-bond donors (Lipinski definition) is 1. The van der Waals surface area contributed by atoms with Crippen molar-refractivity contribution in [1.82, 2.24) is 0 Å². The van der Waals surface area contributed by atoms with Crippen LogP contribution in [0.2, 0.25) is 0 Å². The molecule has 106 valence electrons. The van der Waals surface area contributed by atoms with Crippen molar-refractivity contribution in [3.8, 4) is 0 Å². The Morgan fingerprint density at radius 2 is 2.32 bits per heavy atom. The molecule has 0 aliphatic carbocycles. The number of nitrogens with zero attached hydrogens (tertiary/aromatic N) is 4. The summed E-state index contributed by atoms with van der Waals surface area (Å²) < 4.78 is 5.69. The van der Waals surface area contributed by atoms with Crippen LogP contribution in [0.5, 0.6) is 0 Å². The Morgan fingerprint density at radius 3 is 2.84 bits per heavy atom. The Labute approximate surface area is 119 Å². The van der Waals surface area contributed by atoms with Crippen LogP contribution < -0.4 is 5.73 Å².